The zero-order valence-corrected chi connectivity index (χ0v) is 19.0. The van der Waals surface area contributed by atoms with Gasteiger partial charge in [-0.1, -0.05) is 26.0 Å². The molecule has 1 amide bonds. The maximum atomic E-state index is 13.7. The number of ether oxygens (including phenoxy) is 2. The standard InChI is InChI=1S/C24H29F3N2O3/c1-6-31-19-12-20(32-7-2)17(24(25,26)27)11-16(19)22(30)28-18-10-8-9-15-13-29(5)14-23(3,4)21(15)18/h8-12H,6-7,13-14H2,1-5H3,(H,28,30). The molecule has 0 atom stereocenters. The molecule has 8 heteroatoms. The van der Waals surface area contributed by atoms with Crippen molar-refractivity contribution in [1.29, 1.82) is 0 Å². The van der Waals surface area contributed by atoms with Gasteiger partial charge in [-0.15, -0.1) is 0 Å². The fraction of sp³-hybridized carbons (Fsp3) is 0.458. The molecule has 0 fully saturated rings. The second-order valence-electron chi connectivity index (χ2n) is 8.56. The maximum Gasteiger partial charge on any atom is 0.419 e. The molecular weight excluding hydrogens is 421 g/mol. The lowest BCUT2D eigenvalue weighted by atomic mass is 9.77. The number of hydrogen-bond donors (Lipinski definition) is 1. The summed E-state index contributed by atoms with van der Waals surface area (Å²) in [6.07, 6.45) is -4.68. The van der Waals surface area contributed by atoms with Crippen LogP contribution in [0, 0.1) is 0 Å². The third-order valence-electron chi connectivity index (χ3n) is 5.41. The summed E-state index contributed by atoms with van der Waals surface area (Å²) >= 11 is 0. The average Bonchev–Trinajstić information content (AvgIpc) is 2.66. The molecule has 1 aliphatic rings. The van der Waals surface area contributed by atoms with Gasteiger partial charge in [0, 0.05) is 30.3 Å². The highest BCUT2D eigenvalue weighted by atomic mass is 19.4. The second-order valence-corrected chi connectivity index (χ2v) is 8.56. The molecule has 1 aliphatic heterocycles. The first-order chi connectivity index (χ1) is 15.0. The number of fused-ring (bicyclic) bond motifs is 1. The average molecular weight is 451 g/mol. The van der Waals surface area contributed by atoms with Crippen LogP contribution in [0.1, 0.15) is 54.7 Å². The molecule has 2 aromatic carbocycles. The molecular formula is C24H29F3N2O3. The summed E-state index contributed by atoms with van der Waals surface area (Å²) < 4.78 is 51.7. The van der Waals surface area contributed by atoms with E-state index in [2.05, 4.69) is 24.1 Å². The zero-order valence-electron chi connectivity index (χ0n) is 19.0. The number of carbonyl (C=O) groups excluding carboxylic acids is 1. The Balaban J connectivity index is 2.06. The van der Waals surface area contributed by atoms with Gasteiger partial charge in [-0.25, -0.2) is 0 Å². The summed E-state index contributed by atoms with van der Waals surface area (Å²) in [4.78, 5) is 15.4. The predicted octanol–water partition coefficient (Wildman–Crippen LogP) is 5.48. The Bertz CT molecular complexity index is 1000. The molecule has 0 saturated carbocycles. The smallest absolute Gasteiger partial charge is 0.419 e. The van der Waals surface area contributed by atoms with E-state index in [-0.39, 0.29) is 35.7 Å². The van der Waals surface area contributed by atoms with E-state index in [0.717, 1.165) is 36.3 Å². The molecule has 3 rings (SSSR count). The molecule has 0 aromatic heterocycles. The summed E-state index contributed by atoms with van der Waals surface area (Å²) in [6.45, 7) is 9.23. The van der Waals surface area contributed by atoms with Crippen molar-refractivity contribution in [3.05, 3.63) is 52.6 Å². The van der Waals surface area contributed by atoms with Gasteiger partial charge in [-0.2, -0.15) is 13.2 Å². The van der Waals surface area contributed by atoms with Crippen LogP contribution in [0.2, 0.25) is 0 Å². The van der Waals surface area contributed by atoms with Gasteiger partial charge in [0.2, 0.25) is 0 Å². The highest BCUT2D eigenvalue weighted by Crippen LogP contribution is 2.41. The van der Waals surface area contributed by atoms with Crippen LogP contribution >= 0.6 is 0 Å². The highest BCUT2D eigenvalue weighted by molar-refractivity contribution is 6.07. The van der Waals surface area contributed by atoms with E-state index in [9.17, 15) is 18.0 Å². The van der Waals surface area contributed by atoms with Crippen LogP contribution in [0.5, 0.6) is 11.5 Å². The normalized spacial score (nSPS) is 15.8. The van der Waals surface area contributed by atoms with E-state index in [0.29, 0.717) is 5.69 Å². The van der Waals surface area contributed by atoms with Crippen LogP contribution in [0.4, 0.5) is 18.9 Å². The van der Waals surface area contributed by atoms with Crippen molar-refractivity contribution in [2.24, 2.45) is 0 Å². The molecule has 0 bridgehead atoms. The zero-order chi connectivity index (χ0) is 23.7. The Hall–Kier alpha value is -2.74. The second kappa shape index (κ2) is 9.02. The molecule has 2 aromatic rings. The molecule has 32 heavy (non-hydrogen) atoms. The van der Waals surface area contributed by atoms with E-state index in [1.807, 2.05) is 19.2 Å². The van der Waals surface area contributed by atoms with Crippen LogP contribution in [-0.4, -0.2) is 37.6 Å². The third-order valence-corrected chi connectivity index (χ3v) is 5.41. The first-order valence-electron chi connectivity index (χ1n) is 10.6. The summed E-state index contributed by atoms with van der Waals surface area (Å²) in [5.41, 5.74) is 1.22. The Morgan fingerprint density at radius 3 is 2.41 bits per heavy atom. The molecule has 174 valence electrons. The molecule has 1 N–H and O–H groups in total. The monoisotopic (exact) mass is 450 g/mol. The van der Waals surface area contributed by atoms with Gasteiger partial charge in [-0.05, 0) is 44.2 Å². The summed E-state index contributed by atoms with van der Waals surface area (Å²) in [5, 5.41) is 2.84. The van der Waals surface area contributed by atoms with Crippen LogP contribution in [-0.2, 0) is 18.1 Å². The van der Waals surface area contributed by atoms with Crippen molar-refractivity contribution in [2.45, 2.75) is 45.8 Å². The predicted molar refractivity (Wildman–Crippen MR) is 118 cm³/mol. The Labute approximate surface area is 186 Å². The SMILES string of the molecule is CCOc1cc(OCC)c(C(F)(F)F)cc1C(=O)Nc1cccc2c1C(C)(C)CN(C)C2. The summed E-state index contributed by atoms with van der Waals surface area (Å²) in [6, 6.07) is 7.58. The van der Waals surface area contributed by atoms with Gasteiger partial charge in [0.25, 0.3) is 5.91 Å². The van der Waals surface area contributed by atoms with Gasteiger partial charge in [-0.3, -0.25) is 4.79 Å². The lowest BCUT2D eigenvalue weighted by Crippen LogP contribution is -2.40. The molecule has 0 aliphatic carbocycles. The van der Waals surface area contributed by atoms with E-state index < -0.39 is 17.6 Å². The van der Waals surface area contributed by atoms with Crippen molar-refractivity contribution in [1.82, 2.24) is 4.90 Å². The lowest BCUT2D eigenvalue weighted by Gasteiger charge is -2.39. The number of halogens is 3. The molecule has 5 nitrogen and oxygen atoms in total. The first kappa shape index (κ1) is 23.9. The largest absolute Gasteiger partial charge is 0.493 e. The topological polar surface area (TPSA) is 50.8 Å². The number of anilines is 1. The third kappa shape index (κ3) is 4.85. The highest BCUT2D eigenvalue weighted by Gasteiger charge is 2.37. The van der Waals surface area contributed by atoms with E-state index >= 15 is 0 Å². The number of hydrogen-bond acceptors (Lipinski definition) is 4. The number of rotatable bonds is 6. The first-order valence-corrected chi connectivity index (χ1v) is 10.6. The van der Waals surface area contributed by atoms with Gasteiger partial charge in [0.05, 0.1) is 24.3 Å². The van der Waals surface area contributed by atoms with Crippen molar-refractivity contribution in [3.8, 4) is 11.5 Å². The van der Waals surface area contributed by atoms with Gasteiger partial charge in [0.15, 0.2) is 0 Å². The molecule has 0 unspecified atom stereocenters. The van der Waals surface area contributed by atoms with Crippen molar-refractivity contribution in [3.63, 3.8) is 0 Å². The van der Waals surface area contributed by atoms with Crippen molar-refractivity contribution in [2.75, 3.05) is 32.1 Å². The maximum absolute atomic E-state index is 13.7. The fourth-order valence-electron chi connectivity index (χ4n) is 4.44. The van der Waals surface area contributed by atoms with Crippen LogP contribution in [0.25, 0.3) is 0 Å². The number of nitrogens with zero attached hydrogens (tertiary/aromatic N) is 1. The molecule has 0 radical (unpaired) electrons. The van der Waals surface area contributed by atoms with Crippen LogP contribution < -0.4 is 14.8 Å². The van der Waals surface area contributed by atoms with Crippen molar-refractivity contribution >= 4 is 11.6 Å². The van der Waals surface area contributed by atoms with E-state index in [1.54, 1.807) is 19.9 Å². The minimum atomic E-state index is -4.68. The molecule has 0 spiro atoms. The molecule has 1 heterocycles. The van der Waals surface area contributed by atoms with Gasteiger partial charge in [0.1, 0.15) is 11.5 Å². The number of amides is 1. The van der Waals surface area contributed by atoms with Crippen molar-refractivity contribution < 1.29 is 27.4 Å². The minimum absolute atomic E-state index is 0.0465. The quantitative estimate of drug-likeness (QED) is 0.633. The lowest BCUT2D eigenvalue weighted by molar-refractivity contribution is -0.138. The fourth-order valence-corrected chi connectivity index (χ4v) is 4.44. The Morgan fingerprint density at radius 2 is 1.78 bits per heavy atom. The Morgan fingerprint density at radius 1 is 1.12 bits per heavy atom. The van der Waals surface area contributed by atoms with Crippen LogP contribution in [0.15, 0.2) is 30.3 Å². The Kier molecular flexibility index (Phi) is 6.74. The number of alkyl halides is 3. The van der Waals surface area contributed by atoms with E-state index in [4.69, 9.17) is 9.47 Å². The summed E-state index contributed by atoms with van der Waals surface area (Å²) in [7, 11) is 2.03. The van der Waals surface area contributed by atoms with Gasteiger partial charge >= 0.3 is 6.18 Å². The minimum Gasteiger partial charge on any atom is -0.493 e. The van der Waals surface area contributed by atoms with E-state index in [1.165, 1.54) is 0 Å². The number of benzene rings is 2. The molecule has 0 saturated heterocycles. The number of carbonyl (C=O) groups is 1. The van der Waals surface area contributed by atoms with Crippen LogP contribution in [0.3, 0.4) is 0 Å². The number of nitrogens with one attached hydrogen (secondary N) is 1. The van der Waals surface area contributed by atoms with Gasteiger partial charge < -0.3 is 19.7 Å². The summed E-state index contributed by atoms with van der Waals surface area (Å²) in [5.74, 6) is -0.975. The number of likely N-dealkylation sites (N-methyl/N-ethyl adjacent to an activating group) is 1.